The number of halogens is 1. The zero-order chi connectivity index (χ0) is 21.6. The fraction of sp³-hybridized carbons (Fsp3) is 0.429. The second kappa shape index (κ2) is 9.99. The van der Waals surface area contributed by atoms with E-state index in [-0.39, 0.29) is 23.2 Å². The molecule has 0 radical (unpaired) electrons. The number of carbonyl (C=O) groups is 1. The van der Waals surface area contributed by atoms with Gasteiger partial charge in [-0.05, 0) is 49.6 Å². The van der Waals surface area contributed by atoms with Crippen LogP contribution in [0.1, 0.15) is 31.7 Å². The van der Waals surface area contributed by atoms with Gasteiger partial charge in [0.2, 0.25) is 15.9 Å². The molecule has 1 aliphatic heterocycles. The quantitative estimate of drug-likeness (QED) is 0.690. The highest BCUT2D eigenvalue weighted by Crippen LogP contribution is 2.21. The molecule has 0 spiro atoms. The van der Waals surface area contributed by atoms with E-state index in [0.717, 1.165) is 24.8 Å². The minimum atomic E-state index is -3.53. The van der Waals surface area contributed by atoms with Crippen LogP contribution >= 0.6 is 0 Å². The van der Waals surface area contributed by atoms with E-state index in [0.29, 0.717) is 32.0 Å². The normalized spacial score (nSPS) is 15.0. The van der Waals surface area contributed by atoms with Gasteiger partial charge in [-0.25, -0.2) is 17.8 Å². The number of nitrogens with zero attached hydrogens (tertiary/aromatic N) is 3. The van der Waals surface area contributed by atoms with E-state index in [9.17, 15) is 17.6 Å². The molecule has 0 unspecified atom stereocenters. The van der Waals surface area contributed by atoms with Gasteiger partial charge in [0.25, 0.3) is 0 Å². The highest BCUT2D eigenvalue weighted by molar-refractivity contribution is 7.89. The number of amides is 1. The van der Waals surface area contributed by atoms with Crippen LogP contribution in [0.4, 0.5) is 10.2 Å². The molecule has 2 aromatic rings. The molecule has 0 aliphatic carbocycles. The summed E-state index contributed by atoms with van der Waals surface area (Å²) in [5, 5.41) is 2.80. The number of carbonyl (C=O) groups excluding carboxylic acids is 1. The Kier molecular flexibility index (Phi) is 7.38. The van der Waals surface area contributed by atoms with Gasteiger partial charge in [-0.1, -0.05) is 18.6 Å². The first-order valence-electron chi connectivity index (χ1n) is 10.1. The van der Waals surface area contributed by atoms with Crippen molar-refractivity contribution >= 4 is 21.7 Å². The van der Waals surface area contributed by atoms with Gasteiger partial charge in [-0.3, -0.25) is 4.79 Å². The molecule has 0 saturated carbocycles. The third-order valence-corrected chi connectivity index (χ3v) is 7.00. The number of benzene rings is 1. The van der Waals surface area contributed by atoms with E-state index in [4.69, 9.17) is 0 Å². The van der Waals surface area contributed by atoms with Crippen molar-refractivity contribution < 1.29 is 17.6 Å². The number of nitrogens with one attached hydrogen (secondary N) is 1. The summed E-state index contributed by atoms with van der Waals surface area (Å²) in [6, 6.07) is 9.12. The Morgan fingerprint density at radius 3 is 2.43 bits per heavy atom. The highest BCUT2D eigenvalue weighted by Gasteiger charge is 2.26. The lowest BCUT2D eigenvalue weighted by Crippen LogP contribution is -2.37. The molecule has 1 saturated heterocycles. The van der Waals surface area contributed by atoms with Gasteiger partial charge in [0.1, 0.15) is 16.5 Å². The van der Waals surface area contributed by atoms with Crippen LogP contribution in [0, 0.1) is 5.82 Å². The van der Waals surface area contributed by atoms with Crippen molar-refractivity contribution in [2.75, 3.05) is 31.1 Å². The number of likely N-dealkylation sites (N-methyl/N-ethyl adjacent to an activating group) is 1. The van der Waals surface area contributed by atoms with Crippen molar-refractivity contribution in [3.63, 3.8) is 0 Å². The van der Waals surface area contributed by atoms with Crippen molar-refractivity contribution in [1.82, 2.24) is 14.6 Å². The fourth-order valence-electron chi connectivity index (χ4n) is 3.35. The Hall–Kier alpha value is -2.52. The third kappa shape index (κ3) is 5.54. The number of pyridine rings is 1. The maximum absolute atomic E-state index is 13.0. The van der Waals surface area contributed by atoms with E-state index in [1.54, 1.807) is 29.2 Å². The molecule has 0 bridgehead atoms. The zero-order valence-electron chi connectivity index (χ0n) is 17.1. The lowest BCUT2D eigenvalue weighted by atomic mass is 10.2. The highest BCUT2D eigenvalue weighted by atomic mass is 32.2. The number of sulfonamides is 1. The largest absolute Gasteiger partial charge is 0.350 e. The van der Waals surface area contributed by atoms with Crippen LogP contribution in [0.15, 0.2) is 47.5 Å². The molecule has 1 N–H and O–H groups in total. The third-order valence-electron chi connectivity index (χ3n) is 5.12. The number of aromatic nitrogens is 1. The first-order valence-corrected chi connectivity index (χ1v) is 11.6. The van der Waals surface area contributed by atoms with Crippen molar-refractivity contribution in [3.8, 4) is 0 Å². The maximum Gasteiger partial charge on any atom is 0.244 e. The zero-order valence-corrected chi connectivity index (χ0v) is 17.9. The van der Waals surface area contributed by atoms with Gasteiger partial charge >= 0.3 is 0 Å². The first kappa shape index (κ1) is 22.2. The summed E-state index contributed by atoms with van der Waals surface area (Å²) in [6.45, 7) is 3.90. The molecule has 3 rings (SSSR count). The molecular weight excluding hydrogens is 407 g/mol. The second-order valence-electron chi connectivity index (χ2n) is 7.23. The smallest absolute Gasteiger partial charge is 0.244 e. The molecule has 2 heterocycles. The van der Waals surface area contributed by atoms with Crippen LogP contribution in [0.25, 0.3) is 0 Å². The van der Waals surface area contributed by atoms with Crippen LogP contribution in [-0.2, 0) is 21.4 Å². The Labute approximate surface area is 177 Å². The molecule has 162 valence electrons. The second-order valence-corrected chi connectivity index (χ2v) is 9.17. The average molecular weight is 435 g/mol. The number of hydrogen-bond acceptors (Lipinski definition) is 5. The summed E-state index contributed by atoms with van der Waals surface area (Å²) in [6.07, 6.45) is 4.17. The SMILES string of the molecule is CCN(CC(=O)NCc1ccc(F)cc1)c1ccc(S(=O)(=O)N2CCCCC2)cn1. The molecule has 1 aromatic carbocycles. The van der Waals surface area contributed by atoms with E-state index < -0.39 is 10.0 Å². The summed E-state index contributed by atoms with van der Waals surface area (Å²) in [5.41, 5.74) is 0.804. The number of rotatable bonds is 8. The molecule has 0 atom stereocenters. The fourth-order valence-corrected chi connectivity index (χ4v) is 4.82. The standard InChI is InChI=1S/C21H27FN4O3S/c1-2-25(16-21(27)24-14-17-6-8-18(22)9-7-17)20-11-10-19(15-23-20)30(28,29)26-12-4-3-5-13-26/h6-11,15H,2-5,12-14,16H2,1H3,(H,24,27). The minimum absolute atomic E-state index is 0.0862. The lowest BCUT2D eigenvalue weighted by Gasteiger charge is -2.26. The summed E-state index contributed by atoms with van der Waals surface area (Å²) < 4.78 is 39.9. The molecule has 9 heteroatoms. The van der Waals surface area contributed by atoms with Crippen LogP contribution < -0.4 is 10.2 Å². The molecule has 1 aromatic heterocycles. The maximum atomic E-state index is 13.0. The van der Waals surface area contributed by atoms with Crippen LogP contribution in [-0.4, -0.2) is 49.8 Å². The Bertz CT molecular complexity index is 943. The molecule has 1 amide bonds. The van der Waals surface area contributed by atoms with Crippen molar-refractivity contribution in [2.45, 2.75) is 37.6 Å². The van der Waals surface area contributed by atoms with Crippen LogP contribution in [0.3, 0.4) is 0 Å². The van der Waals surface area contributed by atoms with Crippen LogP contribution in [0.2, 0.25) is 0 Å². The molecule has 1 aliphatic rings. The van der Waals surface area contributed by atoms with Gasteiger partial charge < -0.3 is 10.2 Å². The Morgan fingerprint density at radius 1 is 1.13 bits per heavy atom. The molecule has 1 fully saturated rings. The van der Waals surface area contributed by atoms with Crippen molar-refractivity contribution in [2.24, 2.45) is 0 Å². The predicted octanol–water partition coefficient (Wildman–Crippen LogP) is 2.54. The van der Waals surface area contributed by atoms with Crippen molar-refractivity contribution in [3.05, 3.63) is 54.0 Å². The molecule has 30 heavy (non-hydrogen) atoms. The van der Waals surface area contributed by atoms with Crippen LogP contribution in [0.5, 0.6) is 0 Å². The van der Waals surface area contributed by atoms with E-state index in [2.05, 4.69) is 10.3 Å². The van der Waals surface area contributed by atoms with Gasteiger partial charge in [0, 0.05) is 32.4 Å². The minimum Gasteiger partial charge on any atom is -0.350 e. The molecular formula is C21H27FN4O3S. The Morgan fingerprint density at radius 2 is 1.83 bits per heavy atom. The average Bonchev–Trinajstić information content (AvgIpc) is 2.78. The number of piperidine rings is 1. The van der Waals surface area contributed by atoms with Gasteiger partial charge in [-0.15, -0.1) is 0 Å². The Balaban J connectivity index is 1.60. The van der Waals surface area contributed by atoms with E-state index >= 15 is 0 Å². The summed E-state index contributed by atoms with van der Waals surface area (Å²) in [4.78, 5) is 18.5. The topological polar surface area (TPSA) is 82.6 Å². The first-order chi connectivity index (χ1) is 14.4. The van der Waals surface area contributed by atoms with Crippen molar-refractivity contribution in [1.29, 1.82) is 0 Å². The summed E-state index contributed by atoms with van der Waals surface area (Å²) in [5.74, 6) is 0.0130. The monoisotopic (exact) mass is 434 g/mol. The summed E-state index contributed by atoms with van der Waals surface area (Å²) >= 11 is 0. The predicted molar refractivity (Wildman–Crippen MR) is 113 cm³/mol. The van der Waals surface area contributed by atoms with E-state index in [1.807, 2.05) is 6.92 Å². The van der Waals surface area contributed by atoms with Gasteiger partial charge in [0.15, 0.2) is 0 Å². The molecule has 7 nitrogen and oxygen atoms in total. The van der Waals surface area contributed by atoms with Gasteiger partial charge in [-0.2, -0.15) is 4.31 Å². The number of hydrogen-bond donors (Lipinski definition) is 1. The van der Waals surface area contributed by atoms with Gasteiger partial charge in [0.05, 0.1) is 6.54 Å². The lowest BCUT2D eigenvalue weighted by molar-refractivity contribution is -0.119. The number of anilines is 1. The summed E-state index contributed by atoms with van der Waals surface area (Å²) in [7, 11) is -3.53. The van der Waals surface area contributed by atoms with E-state index in [1.165, 1.54) is 22.6 Å².